The van der Waals surface area contributed by atoms with E-state index >= 15 is 0 Å². The maximum Gasteiger partial charge on any atom is 0.170 e. The lowest BCUT2D eigenvalue weighted by Gasteiger charge is -2.34. The first kappa shape index (κ1) is 8.89. The minimum atomic E-state index is -1.07. The van der Waals surface area contributed by atoms with Crippen molar-refractivity contribution in [3.8, 4) is 0 Å². The van der Waals surface area contributed by atoms with Crippen molar-refractivity contribution in [1.29, 1.82) is 0 Å². The summed E-state index contributed by atoms with van der Waals surface area (Å²) >= 11 is 0. The van der Waals surface area contributed by atoms with E-state index in [1.54, 1.807) is 0 Å². The van der Waals surface area contributed by atoms with Crippen molar-refractivity contribution >= 4 is 0 Å². The molecule has 5 heteroatoms. The molecule has 0 saturated carbocycles. The Kier molecular flexibility index (Phi) is 2.80. The fourth-order valence-electron chi connectivity index (χ4n) is 1.08. The molecule has 66 valence electrons. The van der Waals surface area contributed by atoms with E-state index in [0.717, 1.165) is 0 Å². The van der Waals surface area contributed by atoms with Crippen molar-refractivity contribution in [2.24, 2.45) is 5.73 Å². The van der Waals surface area contributed by atoms with E-state index in [0.29, 0.717) is 0 Å². The topological polar surface area (TPSA) is 95.9 Å². The monoisotopic (exact) mass is 163 g/mol. The number of aliphatic hydroxyl groups excluding tert-OH is 3. The first-order chi connectivity index (χ1) is 5.15. The molecule has 1 aliphatic heterocycles. The summed E-state index contributed by atoms with van der Waals surface area (Å²) in [5, 5.41) is 26.8. The van der Waals surface area contributed by atoms with Gasteiger partial charge >= 0.3 is 0 Å². The SMILES string of the molecule is NC1C[C@H](O)C(CO)O[C@H]1O. The Morgan fingerprint density at radius 2 is 2.09 bits per heavy atom. The molecule has 1 saturated heterocycles. The second-order valence-electron chi connectivity index (χ2n) is 2.71. The van der Waals surface area contributed by atoms with Crippen molar-refractivity contribution in [2.75, 3.05) is 6.61 Å². The van der Waals surface area contributed by atoms with E-state index in [1.807, 2.05) is 0 Å². The molecule has 5 N–H and O–H groups in total. The molecule has 1 fully saturated rings. The zero-order chi connectivity index (χ0) is 8.43. The van der Waals surface area contributed by atoms with Gasteiger partial charge in [-0.25, -0.2) is 0 Å². The molecule has 0 aromatic rings. The highest BCUT2D eigenvalue weighted by Gasteiger charge is 2.33. The van der Waals surface area contributed by atoms with Crippen LogP contribution in [-0.2, 0) is 4.74 Å². The number of ether oxygens (including phenoxy) is 1. The van der Waals surface area contributed by atoms with Crippen LogP contribution in [0.1, 0.15) is 6.42 Å². The fourth-order valence-corrected chi connectivity index (χ4v) is 1.08. The standard InChI is InChI=1S/C6H13NO4/c7-3-1-4(9)5(2-8)11-6(3)10/h3-6,8-10H,1-2,7H2/t3?,4-,5?,6+/m0/s1. The Morgan fingerprint density at radius 1 is 1.45 bits per heavy atom. The van der Waals surface area contributed by atoms with Crippen LogP contribution in [0.3, 0.4) is 0 Å². The molecular formula is C6H13NO4. The molecule has 1 heterocycles. The average Bonchev–Trinajstić information content (AvgIpc) is 1.97. The fraction of sp³-hybridized carbons (Fsp3) is 1.00. The first-order valence-corrected chi connectivity index (χ1v) is 3.53. The highest BCUT2D eigenvalue weighted by atomic mass is 16.6. The molecule has 11 heavy (non-hydrogen) atoms. The van der Waals surface area contributed by atoms with E-state index in [-0.39, 0.29) is 13.0 Å². The van der Waals surface area contributed by atoms with Gasteiger partial charge in [-0.05, 0) is 6.42 Å². The summed E-state index contributed by atoms with van der Waals surface area (Å²) in [7, 11) is 0. The molecule has 0 radical (unpaired) electrons. The van der Waals surface area contributed by atoms with Crippen LogP contribution in [0.5, 0.6) is 0 Å². The van der Waals surface area contributed by atoms with Gasteiger partial charge in [0.2, 0.25) is 0 Å². The van der Waals surface area contributed by atoms with Gasteiger partial charge in [0.15, 0.2) is 6.29 Å². The van der Waals surface area contributed by atoms with E-state index in [1.165, 1.54) is 0 Å². The predicted molar refractivity (Wildman–Crippen MR) is 36.6 cm³/mol. The van der Waals surface area contributed by atoms with Crippen molar-refractivity contribution in [3.05, 3.63) is 0 Å². The number of rotatable bonds is 1. The lowest BCUT2D eigenvalue weighted by Crippen LogP contribution is -2.52. The third-order valence-electron chi connectivity index (χ3n) is 1.80. The summed E-state index contributed by atoms with van der Waals surface area (Å²) in [6.07, 6.45) is -2.30. The van der Waals surface area contributed by atoms with Crippen molar-refractivity contribution < 1.29 is 20.1 Å². The van der Waals surface area contributed by atoms with Crippen molar-refractivity contribution in [2.45, 2.75) is 31.0 Å². The summed E-state index contributed by atoms with van der Waals surface area (Å²) in [6, 6.07) is -0.562. The number of hydrogen-bond donors (Lipinski definition) is 4. The van der Waals surface area contributed by atoms with Gasteiger partial charge < -0.3 is 25.8 Å². The van der Waals surface area contributed by atoms with Gasteiger partial charge in [0.05, 0.1) is 18.8 Å². The maximum absolute atomic E-state index is 9.18. The molecule has 0 amide bonds. The summed E-state index contributed by atoms with van der Waals surface area (Å²) in [5.74, 6) is 0. The van der Waals surface area contributed by atoms with Crippen molar-refractivity contribution in [3.63, 3.8) is 0 Å². The molecule has 0 aromatic heterocycles. The van der Waals surface area contributed by atoms with Gasteiger partial charge in [-0.1, -0.05) is 0 Å². The molecule has 2 unspecified atom stereocenters. The van der Waals surface area contributed by atoms with Crippen LogP contribution in [0.25, 0.3) is 0 Å². The third kappa shape index (κ3) is 1.88. The van der Waals surface area contributed by atoms with Crippen LogP contribution in [0, 0.1) is 0 Å². The minimum Gasteiger partial charge on any atom is -0.394 e. The largest absolute Gasteiger partial charge is 0.394 e. The quantitative estimate of drug-likeness (QED) is 0.351. The van der Waals surface area contributed by atoms with Gasteiger partial charge in [0, 0.05) is 0 Å². The summed E-state index contributed by atoms with van der Waals surface area (Å²) in [5.41, 5.74) is 5.37. The van der Waals surface area contributed by atoms with Crippen LogP contribution in [0.15, 0.2) is 0 Å². The van der Waals surface area contributed by atoms with Crippen LogP contribution >= 0.6 is 0 Å². The Labute approximate surface area is 64.4 Å². The molecule has 4 atom stereocenters. The summed E-state index contributed by atoms with van der Waals surface area (Å²) in [4.78, 5) is 0. The lowest BCUT2D eigenvalue weighted by atomic mass is 10.0. The Bertz CT molecular complexity index is 132. The number of hydrogen-bond acceptors (Lipinski definition) is 5. The Hall–Kier alpha value is -0.200. The summed E-state index contributed by atoms with van der Waals surface area (Å²) in [6.45, 7) is -0.301. The molecule has 1 aliphatic rings. The molecule has 0 spiro atoms. The molecule has 1 rings (SSSR count). The average molecular weight is 163 g/mol. The van der Waals surface area contributed by atoms with Gasteiger partial charge in [0.25, 0.3) is 0 Å². The first-order valence-electron chi connectivity index (χ1n) is 3.53. The third-order valence-corrected chi connectivity index (χ3v) is 1.80. The number of aliphatic hydroxyl groups is 3. The minimum absolute atomic E-state index is 0.256. The van der Waals surface area contributed by atoms with E-state index < -0.39 is 24.5 Å². The second-order valence-corrected chi connectivity index (χ2v) is 2.71. The van der Waals surface area contributed by atoms with E-state index in [2.05, 4.69) is 0 Å². The normalized spacial score (nSPS) is 45.8. The Morgan fingerprint density at radius 3 is 2.64 bits per heavy atom. The van der Waals surface area contributed by atoms with Gasteiger partial charge in [-0.3, -0.25) is 0 Å². The molecule has 5 nitrogen and oxygen atoms in total. The van der Waals surface area contributed by atoms with Gasteiger partial charge in [0.1, 0.15) is 6.10 Å². The zero-order valence-electron chi connectivity index (χ0n) is 6.05. The highest BCUT2D eigenvalue weighted by Crippen LogP contribution is 2.16. The number of nitrogens with two attached hydrogens (primary N) is 1. The van der Waals surface area contributed by atoms with Crippen LogP contribution < -0.4 is 5.73 Å². The molecule has 0 bridgehead atoms. The van der Waals surface area contributed by atoms with Crippen LogP contribution in [0.2, 0.25) is 0 Å². The summed E-state index contributed by atoms with van der Waals surface area (Å²) < 4.78 is 4.79. The lowest BCUT2D eigenvalue weighted by molar-refractivity contribution is -0.216. The van der Waals surface area contributed by atoms with Crippen LogP contribution in [0.4, 0.5) is 0 Å². The maximum atomic E-state index is 9.18. The molecule has 0 aliphatic carbocycles. The molecular weight excluding hydrogens is 150 g/mol. The smallest absolute Gasteiger partial charge is 0.170 e. The van der Waals surface area contributed by atoms with Gasteiger partial charge in [-0.2, -0.15) is 0 Å². The highest BCUT2D eigenvalue weighted by molar-refractivity contribution is 4.81. The van der Waals surface area contributed by atoms with Crippen LogP contribution in [-0.4, -0.2) is 46.5 Å². The van der Waals surface area contributed by atoms with E-state index in [4.69, 9.17) is 20.7 Å². The van der Waals surface area contributed by atoms with Crippen molar-refractivity contribution in [1.82, 2.24) is 0 Å². The van der Waals surface area contributed by atoms with E-state index in [9.17, 15) is 5.11 Å². The van der Waals surface area contributed by atoms with Gasteiger partial charge in [-0.15, -0.1) is 0 Å². The second kappa shape index (κ2) is 3.46. The Balaban J connectivity index is 2.48. The predicted octanol–water partition coefficient (Wildman–Crippen LogP) is -2.23. The zero-order valence-corrected chi connectivity index (χ0v) is 6.05. The molecule has 0 aromatic carbocycles.